The second-order valence-corrected chi connectivity index (χ2v) is 16.3. The smallest absolute Gasteiger partial charge is 0.130 e. The molecule has 5 rings (SSSR count). The Hall–Kier alpha value is -2.84. The van der Waals surface area contributed by atoms with Crippen LogP contribution in [0.2, 0.25) is 18.6 Å². The highest BCUT2D eigenvalue weighted by atomic mass is 28.3. The van der Waals surface area contributed by atoms with Crippen molar-refractivity contribution in [2.24, 2.45) is 0 Å². The predicted molar refractivity (Wildman–Crippen MR) is 153 cm³/mol. The Balaban J connectivity index is 1.69. The normalized spacial score (nSPS) is 19.9. The second-order valence-electron chi connectivity index (χ2n) is 11.5. The van der Waals surface area contributed by atoms with Crippen LogP contribution in [-0.2, 0) is 0 Å². The van der Waals surface area contributed by atoms with E-state index >= 15 is 0 Å². The third-order valence-electron chi connectivity index (χ3n) is 8.42. The highest BCUT2D eigenvalue weighted by molar-refractivity contribution is 6.83. The number of benzene rings is 2. The minimum Gasteiger partial charge on any atom is -0.462 e. The van der Waals surface area contributed by atoms with Gasteiger partial charge in [-0.25, -0.2) is 0 Å². The lowest BCUT2D eigenvalue weighted by atomic mass is 9.94. The van der Waals surface area contributed by atoms with E-state index in [1.54, 1.807) is 5.57 Å². The first-order valence-electron chi connectivity index (χ1n) is 13.0. The van der Waals surface area contributed by atoms with Crippen LogP contribution in [0.3, 0.4) is 0 Å². The molecule has 0 N–H and O–H groups in total. The van der Waals surface area contributed by atoms with Crippen LogP contribution in [0.5, 0.6) is 0 Å². The molecule has 2 aromatic carbocycles. The Labute approximate surface area is 212 Å². The molecule has 2 atom stereocenters. The number of furan rings is 1. The summed E-state index contributed by atoms with van der Waals surface area (Å²) in [6, 6.07) is 20.4. The van der Waals surface area contributed by atoms with Crippen molar-refractivity contribution >= 4 is 19.7 Å². The molecule has 35 heavy (non-hydrogen) atoms. The third-order valence-corrected chi connectivity index (χ3v) is 12.9. The van der Waals surface area contributed by atoms with Crippen LogP contribution in [0.25, 0.3) is 22.8 Å². The van der Waals surface area contributed by atoms with Crippen LogP contribution in [0.4, 0.5) is 0 Å². The van der Waals surface area contributed by atoms with Gasteiger partial charge in [0.25, 0.3) is 0 Å². The quantitative estimate of drug-likeness (QED) is 0.332. The van der Waals surface area contributed by atoms with Crippen molar-refractivity contribution in [1.29, 1.82) is 0 Å². The van der Waals surface area contributed by atoms with Crippen molar-refractivity contribution < 1.29 is 4.42 Å². The van der Waals surface area contributed by atoms with Gasteiger partial charge in [-0.3, -0.25) is 0 Å². The van der Waals surface area contributed by atoms with Crippen molar-refractivity contribution in [3.8, 4) is 11.1 Å². The summed E-state index contributed by atoms with van der Waals surface area (Å²) in [6.45, 7) is 18.7. The van der Waals surface area contributed by atoms with Gasteiger partial charge in [0.05, 0.1) is 8.07 Å². The van der Waals surface area contributed by atoms with Gasteiger partial charge in [0.2, 0.25) is 0 Å². The number of rotatable bonds is 5. The average Bonchev–Trinajstić information content (AvgIpc) is 3.49. The topological polar surface area (TPSA) is 13.1 Å². The maximum Gasteiger partial charge on any atom is 0.130 e. The van der Waals surface area contributed by atoms with Gasteiger partial charge in [-0.2, -0.15) is 0 Å². The number of hydrogen-bond acceptors (Lipinski definition) is 1. The molecule has 180 valence electrons. The maximum atomic E-state index is 6.28. The van der Waals surface area contributed by atoms with E-state index < -0.39 is 8.07 Å². The first-order valence-corrected chi connectivity index (χ1v) is 16.1. The molecule has 0 bridgehead atoms. The SMILES string of the molecule is CC1=CC(C)=C(C)C1[Si](C)(C)C1C(c2ccc(C)o2)=Cc2c(-c3ccc(C(C)C)cc3)cccc21. The van der Waals surface area contributed by atoms with Crippen molar-refractivity contribution in [1.82, 2.24) is 0 Å². The van der Waals surface area contributed by atoms with E-state index in [-0.39, 0.29) is 0 Å². The molecular formula is C33H38OSi. The van der Waals surface area contributed by atoms with Crippen molar-refractivity contribution in [2.75, 3.05) is 0 Å². The van der Waals surface area contributed by atoms with Crippen LogP contribution < -0.4 is 0 Å². The van der Waals surface area contributed by atoms with Gasteiger partial charge in [-0.15, -0.1) is 0 Å². The standard InChI is InChI=1S/C33H38OSi/c1-20(2)25-13-15-26(16-14-25)27-10-9-11-28-29(27)19-30(31-17-12-23(5)34-31)33(28)35(7,8)32-22(4)18-21(3)24(32)6/h9-20,32-33H,1-8H3. The van der Waals surface area contributed by atoms with Gasteiger partial charge in [0, 0.05) is 11.1 Å². The number of fused-ring (bicyclic) bond motifs is 1. The molecule has 0 saturated heterocycles. The molecule has 0 saturated carbocycles. The second kappa shape index (κ2) is 8.67. The molecule has 1 nitrogen and oxygen atoms in total. The summed E-state index contributed by atoms with van der Waals surface area (Å²) in [5, 5.41) is 0. The Morgan fingerprint density at radius 1 is 0.800 bits per heavy atom. The van der Waals surface area contributed by atoms with Crippen molar-refractivity contribution in [2.45, 2.75) is 71.6 Å². The van der Waals surface area contributed by atoms with E-state index in [1.807, 2.05) is 6.92 Å². The largest absolute Gasteiger partial charge is 0.462 e. The highest BCUT2D eigenvalue weighted by Gasteiger charge is 2.48. The Morgan fingerprint density at radius 2 is 1.51 bits per heavy atom. The zero-order valence-corrected chi connectivity index (χ0v) is 23.5. The van der Waals surface area contributed by atoms with Crippen LogP contribution in [0, 0.1) is 6.92 Å². The average molecular weight is 479 g/mol. The van der Waals surface area contributed by atoms with E-state index in [4.69, 9.17) is 4.42 Å². The van der Waals surface area contributed by atoms with Gasteiger partial charge in [0.15, 0.2) is 0 Å². The summed E-state index contributed by atoms with van der Waals surface area (Å²) in [7, 11) is -1.90. The minimum absolute atomic E-state index is 0.382. The summed E-state index contributed by atoms with van der Waals surface area (Å²) in [5.41, 5.74) is 13.7. The number of aryl methyl sites for hydroxylation is 1. The summed E-state index contributed by atoms with van der Waals surface area (Å²) in [4.78, 5) is 0. The summed E-state index contributed by atoms with van der Waals surface area (Å²) in [5.74, 6) is 2.55. The zero-order valence-electron chi connectivity index (χ0n) is 22.5. The van der Waals surface area contributed by atoms with Gasteiger partial charge >= 0.3 is 0 Å². The van der Waals surface area contributed by atoms with E-state index in [0.29, 0.717) is 17.0 Å². The monoisotopic (exact) mass is 478 g/mol. The molecule has 2 aliphatic rings. The molecule has 2 unspecified atom stereocenters. The van der Waals surface area contributed by atoms with Gasteiger partial charge in [-0.05, 0) is 85.2 Å². The zero-order chi connectivity index (χ0) is 25.1. The van der Waals surface area contributed by atoms with Crippen molar-refractivity contribution in [3.63, 3.8) is 0 Å². The molecule has 0 radical (unpaired) electrons. The van der Waals surface area contributed by atoms with Crippen LogP contribution in [0.1, 0.15) is 74.3 Å². The Morgan fingerprint density at radius 3 is 2.09 bits per heavy atom. The Kier molecular flexibility index (Phi) is 5.92. The van der Waals surface area contributed by atoms with Gasteiger partial charge < -0.3 is 4.42 Å². The minimum atomic E-state index is -1.90. The summed E-state index contributed by atoms with van der Waals surface area (Å²) < 4.78 is 6.28. The van der Waals surface area contributed by atoms with Gasteiger partial charge in [-0.1, -0.05) is 92.2 Å². The molecule has 1 aromatic heterocycles. The maximum absolute atomic E-state index is 6.28. The first-order chi connectivity index (χ1) is 16.6. The molecule has 2 heteroatoms. The van der Waals surface area contributed by atoms with Gasteiger partial charge in [0.1, 0.15) is 11.5 Å². The lowest BCUT2D eigenvalue weighted by Crippen LogP contribution is -2.41. The molecule has 0 spiro atoms. The molecule has 0 fully saturated rings. The van der Waals surface area contributed by atoms with E-state index in [2.05, 4.69) is 114 Å². The fraction of sp³-hybridized carbons (Fsp3) is 0.333. The van der Waals surface area contributed by atoms with Crippen LogP contribution in [-0.4, -0.2) is 8.07 Å². The Bertz CT molecular complexity index is 1370. The molecule has 2 aliphatic carbocycles. The highest BCUT2D eigenvalue weighted by Crippen LogP contribution is 2.56. The third kappa shape index (κ3) is 3.92. The lowest BCUT2D eigenvalue weighted by molar-refractivity contribution is 0.520. The van der Waals surface area contributed by atoms with Crippen LogP contribution >= 0.6 is 0 Å². The molecule has 0 amide bonds. The van der Waals surface area contributed by atoms with E-state index in [1.165, 1.54) is 44.5 Å². The number of hydrogen-bond donors (Lipinski definition) is 0. The molecule has 0 aliphatic heterocycles. The summed E-state index contributed by atoms with van der Waals surface area (Å²) in [6.07, 6.45) is 4.86. The summed E-state index contributed by atoms with van der Waals surface area (Å²) >= 11 is 0. The molecular weight excluding hydrogens is 440 g/mol. The van der Waals surface area contributed by atoms with Crippen molar-refractivity contribution in [3.05, 3.63) is 106 Å². The fourth-order valence-electron chi connectivity index (χ4n) is 6.73. The predicted octanol–water partition coefficient (Wildman–Crippen LogP) is 9.93. The molecule has 3 aromatic rings. The molecule has 1 heterocycles. The van der Waals surface area contributed by atoms with E-state index in [0.717, 1.165) is 11.5 Å². The first kappa shape index (κ1) is 23.9. The van der Waals surface area contributed by atoms with E-state index in [9.17, 15) is 0 Å². The fourth-order valence-corrected chi connectivity index (χ4v) is 11.7. The lowest BCUT2D eigenvalue weighted by Gasteiger charge is -2.39. The number of allylic oxidation sites excluding steroid dienone is 5. The van der Waals surface area contributed by atoms with Crippen LogP contribution in [0.15, 0.2) is 81.8 Å².